The zero-order valence-corrected chi connectivity index (χ0v) is 22.3. The molecule has 198 valence electrons. The lowest BCUT2D eigenvalue weighted by Gasteiger charge is -2.29. The number of carbonyl (C=O) groups is 2. The highest BCUT2D eigenvalue weighted by Crippen LogP contribution is 2.35. The lowest BCUT2D eigenvalue weighted by molar-refractivity contribution is 0.0607. The molecule has 0 fully saturated rings. The zero-order chi connectivity index (χ0) is 25.9. The Bertz CT molecular complexity index is 972. The van der Waals surface area contributed by atoms with Gasteiger partial charge >= 0.3 is 0 Å². The number of unbranched alkanes of at least 4 members (excludes halogenated alkanes) is 6. The van der Waals surface area contributed by atoms with Gasteiger partial charge in [0.25, 0.3) is 11.8 Å². The lowest BCUT2D eigenvalue weighted by atomic mass is 9.92. The van der Waals surface area contributed by atoms with Crippen LogP contribution in [0.25, 0.3) is 10.8 Å². The van der Waals surface area contributed by atoms with E-state index in [1.165, 1.54) is 30.6 Å². The van der Waals surface area contributed by atoms with Gasteiger partial charge in [0.15, 0.2) is 0 Å². The highest BCUT2D eigenvalue weighted by molar-refractivity contribution is 6.26. The molecule has 4 N–H and O–H groups in total. The Labute approximate surface area is 216 Å². The molecule has 2 aromatic carbocycles. The summed E-state index contributed by atoms with van der Waals surface area (Å²) in [6.07, 6.45) is 9.80. The molecule has 0 spiro atoms. The van der Waals surface area contributed by atoms with Gasteiger partial charge < -0.3 is 21.3 Å². The SMILES string of the molecule is CN(C)c1ccc2c3c(cccc13)C(=O)N(CCCCCN(CCCCCN)CCCCCN)C2=O. The van der Waals surface area contributed by atoms with Crippen molar-refractivity contribution < 1.29 is 9.59 Å². The minimum Gasteiger partial charge on any atom is -0.377 e. The fourth-order valence-electron chi connectivity index (χ4n) is 5.15. The molecule has 0 aliphatic carbocycles. The van der Waals surface area contributed by atoms with E-state index >= 15 is 0 Å². The molecule has 0 saturated carbocycles. The van der Waals surface area contributed by atoms with Gasteiger partial charge in [-0.1, -0.05) is 31.4 Å². The molecule has 0 unspecified atom stereocenters. The van der Waals surface area contributed by atoms with Crippen LogP contribution in [0.5, 0.6) is 0 Å². The third kappa shape index (κ3) is 7.05. The van der Waals surface area contributed by atoms with E-state index in [2.05, 4.69) is 4.90 Å². The van der Waals surface area contributed by atoms with Gasteiger partial charge in [-0.25, -0.2) is 0 Å². The van der Waals surface area contributed by atoms with Gasteiger partial charge in [0, 0.05) is 48.2 Å². The van der Waals surface area contributed by atoms with E-state index in [-0.39, 0.29) is 11.8 Å². The second kappa shape index (κ2) is 14.3. The maximum Gasteiger partial charge on any atom is 0.261 e. The van der Waals surface area contributed by atoms with E-state index in [0.717, 1.165) is 81.3 Å². The van der Waals surface area contributed by atoms with Crippen molar-refractivity contribution in [3.05, 3.63) is 41.5 Å². The lowest BCUT2D eigenvalue weighted by Crippen LogP contribution is -2.41. The first-order valence-corrected chi connectivity index (χ1v) is 13.7. The first-order chi connectivity index (χ1) is 17.5. The number of carbonyl (C=O) groups excluding carboxylic acids is 2. The van der Waals surface area contributed by atoms with Gasteiger partial charge in [0.1, 0.15) is 0 Å². The molecule has 7 nitrogen and oxygen atoms in total. The van der Waals surface area contributed by atoms with Crippen LogP contribution in [-0.4, -0.2) is 75.0 Å². The topological polar surface area (TPSA) is 95.9 Å². The average molecular weight is 496 g/mol. The number of nitrogens with two attached hydrogens (primary N) is 2. The molecule has 1 heterocycles. The van der Waals surface area contributed by atoms with Crippen molar-refractivity contribution in [2.75, 3.05) is 58.3 Å². The van der Waals surface area contributed by atoms with Crippen molar-refractivity contribution in [3.63, 3.8) is 0 Å². The van der Waals surface area contributed by atoms with Crippen LogP contribution in [0.4, 0.5) is 5.69 Å². The molecule has 36 heavy (non-hydrogen) atoms. The summed E-state index contributed by atoms with van der Waals surface area (Å²) in [6.45, 7) is 5.28. The number of imide groups is 1. The molecule has 7 heteroatoms. The number of amides is 2. The summed E-state index contributed by atoms with van der Waals surface area (Å²) in [4.78, 5) is 32.6. The van der Waals surface area contributed by atoms with Crippen molar-refractivity contribution in [3.8, 4) is 0 Å². The van der Waals surface area contributed by atoms with Gasteiger partial charge in [0.2, 0.25) is 0 Å². The molecule has 0 aromatic heterocycles. The number of anilines is 1. The predicted molar refractivity (Wildman–Crippen MR) is 150 cm³/mol. The van der Waals surface area contributed by atoms with E-state index in [9.17, 15) is 9.59 Å². The van der Waals surface area contributed by atoms with Crippen LogP contribution < -0.4 is 16.4 Å². The van der Waals surface area contributed by atoms with Crippen LogP contribution in [0, 0.1) is 0 Å². The summed E-state index contributed by atoms with van der Waals surface area (Å²) in [5, 5.41) is 1.74. The van der Waals surface area contributed by atoms with Crippen molar-refractivity contribution >= 4 is 28.3 Å². The second-order valence-corrected chi connectivity index (χ2v) is 10.1. The van der Waals surface area contributed by atoms with Gasteiger partial charge in [-0.15, -0.1) is 0 Å². The smallest absolute Gasteiger partial charge is 0.261 e. The second-order valence-electron chi connectivity index (χ2n) is 10.1. The maximum absolute atomic E-state index is 13.3. The average Bonchev–Trinajstić information content (AvgIpc) is 2.88. The van der Waals surface area contributed by atoms with E-state index in [1.807, 2.05) is 49.3 Å². The number of hydrogen-bond donors (Lipinski definition) is 2. The van der Waals surface area contributed by atoms with E-state index in [4.69, 9.17) is 11.5 Å². The van der Waals surface area contributed by atoms with Crippen LogP contribution in [0.3, 0.4) is 0 Å². The zero-order valence-electron chi connectivity index (χ0n) is 22.3. The van der Waals surface area contributed by atoms with Gasteiger partial charge in [0.05, 0.1) is 0 Å². The first kappa shape index (κ1) is 28.1. The highest BCUT2D eigenvalue weighted by Gasteiger charge is 2.33. The Morgan fingerprint density at radius 2 is 1.25 bits per heavy atom. The van der Waals surface area contributed by atoms with E-state index in [0.29, 0.717) is 17.7 Å². The maximum atomic E-state index is 13.3. The van der Waals surface area contributed by atoms with Crippen LogP contribution in [-0.2, 0) is 0 Å². The van der Waals surface area contributed by atoms with Crippen molar-refractivity contribution in [2.45, 2.75) is 57.8 Å². The molecule has 0 bridgehead atoms. The predicted octanol–water partition coefficient (Wildman–Crippen LogP) is 4.23. The van der Waals surface area contributed by atoms with Crippen LogP contribution >= 0.6 is 0 Å². The van der Waals surface area contributed by atoms with Crippen LogP contribution in [0.1, 0.15) is 78.5 Å². The van der Waals surface area contributed by atoms with Crippen LogP contribution in [0.15, 0.2) is 30.3 Å². The fraction of sp³-hybridized carbons (Fsp3) is 0.586. The molecule has 2 aromatic rings. The Morgan fingerprint density at radius 1 is 0.694 bits per heavy atom. The number of rotatable bonds is 17. The minimum absolute atomic E-state index is 0.171. The number of benzene rings is 2. The molecule has 1 aliphatic heterocycles. The molecular weight excluding hydrogens is 450 g/mol. The monoisotopic (exact) mass is 495 g/mol. The molecule has 2 amide bonds. The minimum atomic E-state index is -0.171. The van der Waals surface area contributed by atoms with Crippen molar-refractivity contribution in [2.24, 2.45) is 11.5 Å². The first-order valence-electron chi connectivity index (χ1n) is 13.7. The molecule has 0 saturated heterocycles. The summed E-state index contributed by atoms with van der Waals surface area (Å²) in [6, 6.07) is 9.60. The van der Waals surface area contributed by atoms with Gasteiger partial charge in [-0.3, -0.25) is 14.5 Å². The summed E-state index contributed by atoms with van der Waals surface area (Å²) < 4.78 is 0. The molecule has 0 radical (unpaired) electrons. The van der Waals surface area contributed by atoms with Crippen molar-refractivity contribution in [1.82, 2.24) is 9.80 Å². The summed E-state index contributed by atoms with van der Waals surface area (Å²) >= 11 is 0. The standard InChI is InChI=1S/C29H45N5O2/c1-32(2)26-16-15-25-27-23(26)13-12-14-24(27)28(35)34(29(25)36)22-11-5-10-21-33(19-8-3-6-17-30)20-9-4-7-18-31/h12-16H,3-11,17-22,30-31H2,1-2H3. The number of nitrogens with zero attached hydrogens (tertiary/aromatic N) is 3. The molecule has 3 rings (SSSR count). The third-order valence-electron chi connectivity index (χ3n) is 7.16. The molecule has 1 aliphatic rings. The highest BCUT2D eigenvalue weighted by atomic mass is 16.2. The van der Waals surface area contributed by atoms with Gasteiger partial charge in [-0.2, -0.15) is 0 Å². The normalized spacial score (nSPS) is 13.3. The van der Waals surface area contributed by atoms with Gasteiger partial charge in [-0.05, 0) is 89.4 Å². The molecular formula is C29H45N5O2. The summed E-state index contributed by atoms with van der Waals surface area (Å²) in [7, 11) is 3.95. The number of hydrogen-bond acceptors (Lipinski definition) is 6. The summed E-state index contributed by atoms with van der Waals surface area (Å²) in [5.74, 6) is -0.342. The quantitative estimate of drug-likeness (QED) is 0.252. The fourth-order valence-corrected chi connectivity index (χ4v) is 5.15. The Morgan fingerprint density at radius 3 is 1.81 bits per heavy atom. The van der Waals surface area contributed by atoms with E-state index < -0.39 is 0 Å². The third-order valence-corrected chi connectivity index (χ3v) is 7.16. The van der Waals surface area contributed by atoms with E-state index in [1.54, 1.807) is 0 Å². The molecule has 0 atom stereocenters. The summed E-state index contributed by atoms with van der Waals surface area (Å²) in [5.41, 5.74) is 13.6. The largest absolute Gasteiger partial charge is 0.377 e. The van der Waals surface area contributed by atoms with Crippen LogP contribution in [0.2, 0.25) is 0 Å². The Kier molecular flexibility index (Phi) is 11.2. The van der Waals surface area contributed by atoms with Crippen molar-refractivity contribution in [1.29, 1.82) is 0 Å². The Balaban J connectivity index is 1.54. The Hall–Kier alpha value is -2.48.